The Morgan fingerprint density at radius 2 is 2.03 bits per heavy atom. The second-order valence-electron chi connectivity index (χ2n) is 7.39. The number of nitrogens with zero attached hydrogens (tertiary/aromatic N) is 2. The molecule has 0 unspecified atom stereocenters. The molecule has 0 spiro atoms. The molecule has 1 aromatic carbocycles. The normalized spacial score (nSPS) is 14.8. The van der Waals surface area contributed by atoms with Crippen LogP contribution < -0.4 is 10.6 Å². The number of aromatic nitrogens is 1. The van der Waals surface area contributed by atoms with Crippen LogP contribution in [0.1, 0.15) is 47.7 Å². The monoisotopic (exact) mass is 558 g/mol. The molecule has 1 aromatic heterocycles. The average molecular weight is 559 g/mol. The Morgan fingerprint density at radius 1 is 1.23 bits per heavy atom. The third-order valence-corrected chi connectivity index (χ3v) is 6.19. The van der Waals surface area contributed by atoms with Crippen molar-refractivity contribution in [3.8, 4) is 0 Å². The van der Waals surface area contributed by atoms with E-state index in [1.54, 1.807) is 11.3 Å². The van der Waals surface area contributed by atoms with E-state index in [2.05, 4.69) is 53.7 Å². The number of guanidine groups is 1. The molecule has 0 saturated carbocycles. The second-order valence-corrected chi connectivity index (χ2v) is 8.59. The summed E-state index contributed by atoms with van der Waals surface area (Å²) in [4.78, 5) is 10.6. The Hall–Kier alpha value is -1.23. The standard InChI is InChI=1S/C23H34N4O2S.HI/c1-3-21-16-26-22(30-21)8-11-25-23(24-4-2)27-15-18-6-5-7-19(14-18)17-29-20-9-12-28-13-10-20;/h5-7,14,16,20H,3-4,8-13,15,17H2,1-2H3,(H2,24,25,27);1H. The van der Waals surface area contributed by atoms with E-state index in [0.29, 0.717) is 19.3 Å². The number of halogens is 1. The Labute approximate surface area is 207 Å². The largest absolute Gasteiger partial charge is 0.381 e. The van der Waals surface area contributed by atoms with Gasteiger partial charge in [-0.25, -0.2) is 9.98 Å². The molecular formula is C23H35IN4O2S. The predicted molar refractivity (Wildman–Crippen MR) is 139 cm³/mol. The summed E-state index contributed by atoms with van der Waals surface area (Å²) in [5.41, 5.74) is 2.38. The molecule has 0 atom stereocenters. The minimum atomic E-state index is 0. The molecule has 31 heavy (non-hydrogen) atoms. The Morgan fingerprint density at radius 3 is 2.77 bits per heavy atom. The zero-order valence-electron chi connectivity index (χ0n) is 18.6. The smallest absolute Gasteiger partial charge is 0.191 e. The maximum Gasteiger partial charge on any atom is 0.191 e. The number of nitrogens with one attached hydrogen (secondary N) is 2. The lowest BCUT2D eigenvalue weighted by atomic mass is 10.1. The lowest BCUT2D eigenvalue weighted by Gasteiger charge is -2.22. The molecule has 6 nitrogen and oxygen atoms in total. The molecule has 0 aliphatic carbocycles. The summed E-state index contributed by atoms with van der Waals surface area (Å²) in [5.74, 6) is 0.841. The summed E-state index contributed by atoms with van der Waals surface area (Å²) in [5, 5.41) is 7.92. The van der Waals surface area contributed by atoms with Crippen molar-refractivity contribution >= 4 is 41.3 Å². The summed E-state index contributed by atoms with van der Waals surface area (Å²) in [6.45, 7) is 8.80. The molecule has 1 saturated heterocycles. The van der Waals surface area contributed by atoms with Gasteiger partial charge in [-0.05, 0) is 37.3 Å². The molecule has 0 radical (unpaired) electrons. The van der Waals surface area contributed by atoms with Gasteiger partial charge in [-0.3, -0.25) is 0 Å². The highest BCUT2D eigenvalue weighted by atomic mass is 127. The number of rotatable bonds is 10. The van der Waals surface area contributed by atoms with Crippen molar-refractivity contribution in [1.29, 1.82) is 0 Å². The van der Waals surface area contributed by atoms with E-state index in [9.17, 15) is 0 Å². The van der Waals surface area contributed by atoms with Crippen molar-refractivity contribution in [3.05, 3.63) is 51.5 Å². The number of thiazole rings is 1. The Bertz CT molecular complexity index is 793. The minimum Gasteiger partial charge on any atom is -0.381 e. The van der Waals surface area contributed by atoms with Gasteiger partial charge >= 0.3 is 0 Å². The van der Waals surface area contributed by atoms with E-state index in [4.69, 9.17) is 14.5 Å². The zero-order chi connectivity index (χ0) is 21.0. The number of hydrogen-bond acceptors (Lipinski definition) is 5. The van der Waals surface area contributed by atoms with Crippen LogP contribution in [0.25, 0.3) is 0 Å². The highest BCUT2D eigenvalue weighted by Crippen LogP contribution is 2.15. The van der Waals surface area contributed by atoms with E-state index in [0.717, 1.165) is 57.9 Å². The molecule has 0 bridgehead atoms. The Kier molecular flexibility index (Phi) is 12.4. The first-order chi connectivity index (χ1) is 14.8. The summed E-state index contributed by atoms with van der Waals surface area (Å²) >= 11 is 1.79. The van der Waals surface area contributed by atoms with Crippen LogP contribution in [0, 0.1) is 0 Å². The highest BCUT2D eigenvalue weighted by Gasteiger charge is 2.14. The first-order valence-corrected chi connectivity index (χ1v) is 11.8. The number of aryl methyl sites for hydroxylation is 1. The molecule has 1 aliphatic rings. The van der Waals surface area contributed by atoms with Gasteiger partial charge in [-0.15, -0.1) is 35.3 Å². The van der Waals surface area contributed by atoms with Crippen LogP contribution in [0.2, 0.25) is 0 Å². The second kappa shape index (κ2) is 14.8. The van der Waals surface area contributed by atoms with Crippen molar-refractivity contribution < 1.29 is 9.47 Å². The molecule has 0 amide bonds. The first kappa shape index (κ1) is 26.0. The van der Waals surface area contributed by atoms with E-state index < -0.39 is 0 Å². The molecule has 2 N–H and O–H groups in total. The maximum atomic E-state index is 6.05. The predicted octanol–water partition coefficient (Wildman–Crippen LogP) is 4.32. The topological polar surface area (TPSA) is 67.8 Å². The molecule has 8 heteroatoms. The fourth-order valence-electron chi connectivity index (χ4n) is 3.30. The SMILES string of the molecule is CCNC(=NCc1cccc(COC2CCOCC2)c1)NCCc1ncc(CC)s1.I. The zero-order valence-corrected chi connectivity index (χ0v) is 21.7. The first-order valence-electron chi connectivity index (χ1n) is 11.0. The minimum absolute atomic E-state index is 0. The van der Waals surface area contributed by atoms with Gasteiger partial charge in [0.25, 0.3) is 0 Å². The summed E-state index contributed by atoms with van der Waals surface area (Å²) < 4.78 is 11.4. The average Bonchev–Trinajstić information content (AvgIpc) is 3.25. The van der Waals surface area contributed by atoms with Gasteiger partial charge in [0, 0.05) is 43.8 Å². The highest BCUT2D eigenvalue weighted by molar-refractivity contribution is 14.0. The quantitative estimate of drug-likeness (QED) is 0.259. The van der Waals surface area contributed by atoms with Crippen molar-refractivity contribution in [2.75, 3.05) is 26.3 Å². The third-order valence-electron chi connectivity index (χ3n) is 4.99. The van der Waals surface area contributed by atoms with Crippen LogP contribution in [-0.4, -0.2) is 43.4 Å². The van der Waals surface area contributed by atoms with Crippen LogP contribution in [0.4, 0.5) is 0 Å². The summed E-state index contributed by atoms with van der Waals surface area (Å²) in [7, 11) is 0. The van der Waals surface area contributed by atoms with Gasteiger partial charge in [0.05, 0.1) is 24.3 Å². The molecule has 1 aliphatic heterocycles. The van der Waals surface area contributed by atoms with Crippen molar-refractivity contribution in [2.45, 2.75) is 58.8 Å². The van der Waals surface area contributed by atoms with Crippen molar-refractivity contribution in [1.82, 2.24) is 15.6 Å². The third kappa shape index (κ3) is 9.43. The van der Waals surface area contributed by atoms with Gasteiger partial charge in [-0.2, -0.15) is 0 Å². The van der Waals surface area contributed by atoms with Gasteiger partial charge in [0.15, 0.2) is 5.96 Å². The molecule has 1 fully saturated rings. The van der Waals surface area contributed by atoms with E-state index >= 15 is 0 Å². The maximum absolute atomic E-state index is 6.05. The lowest BCUT2D eigenvalue weighted by molar-refractivity contribution is -0.0390. The molecular weight excluding hydrogens is 523 g/mol. The van der Waals surface area contributed by atoms with E-state index in [1.165, 1.54) is 21.0 Å². The van der Waals surface area contributed by atoms with Crippen LogP contribution in [0.3, 0.4) is 0 Å². The number of benzene rings is 1. The van der Waals surface area contributed by atoms with Crippen LogP contribution in [-0.2, 0) is 35.5 Å². The summed E-state index contributed by atoms with van der Waals surface area (Å²) in [6, 6.07) is 8.51. The van der Waals surface area contributed by atoms with Crippen molar-refractivity contribution in [3.63, 3.8) is 0 Å². The number of ether oxygens (including phenoxy) is 2. The van der Waals surface area contributed by atoms with Gasteiger partial charge in [-0.1, -0.05) is 31.2 Å². The number of hydrogen-bond donors (Lipinski definition) is 2. The van der Waals surface area contributed by atoms with Gasteiger partial charge in [0.1, 0.15) is 0 Å². The fourth-order valence-corrected chi connectivity index (χ4v) is 4.16. The lowest BCUT2D eigenvalue weighted by Crippen LogP contribution is -2.38. The van der Waals surface area contributed by atoms with Crippen LogP contribution in [0.15, 0.2) is 35.5 Å². The van der Waals surface area contributed by atoms with Crippen LogP contribution in [0.5, 0.6) is 0 Å². The summed E-state index contributed by atoms with van der Waals surface area (Å²) in [6.07, 6.45) is 6.24. The van der Waals surface area contributed by atoms with E-state index in [-0.39, 0.29) is 24.0 Å². The molecule has 2 heterocycles. The fraction of sp³-hybridized carbons (Fsp3) is 0.565. The van der Waals surface area contributed by atoms with Crippen LogP contribution >= 0.6 is 35.3 Å². The van der Waals surface area contributed by atoms with Gasteiger partial charge < -0.3 is 20.1 Å². The molecule has 172 valence electrons. The number of aliphatic imine (C=N–C) groups is 1. The van der Waals surface area contributed by atoms with Gasteiger partial charge in [0.2, 0.25) is 0 Å². The van der Waals surface area contributed by atoms with Crippen molar-refractivity contribution in [2.24, 2.45) is 4.99 Å². The molecule has 2 aromatic rings. The Balaban J connectivity index is 0.00000341. The van der Waals surface area contributed by atoms with E-state index in [1.807, 2.05) is 6.20 Å². The molecule has 3 rings (SSSR count).